The largest absolute Gasteiger partial charge is 0.497 e. The van der Waals surface area contributed by atoms with Crippen LogP contribution < -0.4 is 4.74 Å². The number of amides is 1. The van der Waals surface area contributed by atoms with Crippen molar-refractivity contribution in [3.05, 3.63) is 29.8 Å². The van der Waals surface area contributed by atoms with Gasteiger partial charge in [0.2, 0.25) is 5.91 Å². The number of likely N-dealkylation sites (tertiary alicyclic amines) is 1. The first-order chi connectivity index (χ1) is 9.24. The summed E-state index contributed by atoms with van der Waals surface area (Å²) in [4.78, 5) is 14.3. The predicted molar refractivity (Wildman–Crippen MR) is 76.3 cm³/mol. The SMILES string of the molecule is CCC1CCCN1C(=O)CCc1cccc(OC)c1. The van der Waals surface area contributed by atoms with Crippen LogP contribution in [0.3, 0.4) is 0 Å². The third-order valence-corrected chi connectivity index (χ3v) is 3.93. The van der Waals surface area contributed by atoms with E-state index in [0.717, 1.165) is 31.6 Å². The van der Waals surface area contributed by atoms with Gasteiger partial charge < -0.3 is 9.64 Å². The van der Waals surface area contributed by atoms with Gasteiger partial charge in [0, 0.05) is 19.0 Å². The summed E-state index contributed by atoms with van der Waals surface area (Å²) in [5, 5.41) is 0. The molecule has 104 valence electrons. The quantitative estimate of drug-likeness (QED) is 0.815. The normalized spacial score (nSPS) is 18.6. The summed E-state index contributed by atoms with van der Waals surface area (Å²) in [5.41, 5.74) is 1.17. The Hall–Kier alpha value is -1.51. The number of ether oxygens (including phenoxy) is 1. The minimum atomic E-state index is 0.298. The topological polar surface area (TPSA) is 29.5 Å². The lowest BCUT2D eigenvalue weighted by Crippen LogP contribution is -2.35. The number of methoxy groups -OCH3 is 1. The molecule has 0 radical (unpaired) electrons. The molecule has 1 amide bonds. The molecule has 0 spiro atoms. The van der Waals surface area contributed by atoms with E-state index in [9.17, 15) is 4.79 Å². The first-order valence-corrected chi connectivity index (χ1v) is 7.17. The van der Waals surface area contributed by atoms with Crippen molar-refractivity contribution in [2.45, 2.75) is 45.1 Å². The van der Waals surface area contributed by atoms with E-state index in [-0.39, 0.29) is 0 Å². The Kier molecular flexibility index (Phi) is 4.83. The van der Waals surface area contributed by atoms with Gasteiger partial charge in [-0.05, 0) is 43.4 Å². The number of hydrogen-bond acceptors (Lipinski definition) is 2. The van der Waals surface area contributed by atoms with Crippen LogP contribution in [0.1, 0.15) is 38.2 Å². The van der Waals surface area contributed by atoms with E-state index in [1.165, 1.54) is 12.0 Å². The molecule has 1 aliphatic rings. The fourth-order valence-corrected chi connectivity index (χ4v) is 2.81. The van der Waals surface area contributed by atoms with Crippen LogP contribution in [0.5, 0.6) is 5.75 Å². The Balaban J connectivity index is 1.89. The third kappa shape index (κ3) is 3.49. The monoisotopic (exact) mass is 261 g/mol. The second-order valence-electron chi connectivity index (χ2n) is 5.14. The maximum atomic E-state index is 12.2. The van der Waals surface area contributed by atoms with Crippen LogP contribution in [0.25, 0.3) is 0 Å². The van der Waals surface area contributed by atoms with Gasteiger partial charge >= 0.3 is 0 Å². The van der Waals surface area contributed by atoms with E-state index in [4.69, 9.17) is 4.74 Å². The molecule has 0 N–H and O–H groups in total. The van der Waals surface area contributed by atoms with Crippen LogP contribution in [0, 0.1) is 0 Å². The number of carbonyl (C=O) groups excluding carboxylic acids is 1. The van der Waals surface area contributed by atoms with Gasteiger partial charge in [0.05, 0.1) is 7.11 Å². The number of rotatable bonds is 5. The summed E-state index contributed by atoms with van der Waals surface area (Å²) in [6.45, 7) is 3.10. The summed E-state index contributed by atoms with van der Waals surface area (Å²) >= 11 is 0. The van der Waals surface area contributed by atoms with Gasteiger partial charge in [0.15, 0.2) is 0 Å². The van der Waals surface area contributed by atoms with Crippen molar-refractivity contribution < 1.29 is 9.53 Å². The van der Waals surface area contributed by atoms with Crippen LogP contribution in [0.15, 0.2) is 24.3 Å². The van der Waals surface area contributed by atoms with Crippen LogP contribution in [-0.2, 0) is 11.2 Å². The summed E-state index contributed by atoms with van der Waals surface area (Å²) in [5.74, 6) is 1.16. The molecule has 0 aromatic heterocycles. The number of hydrogen-bond donors (Lipinski definition) is 0. The second kappa shape index (κ2) is 6.60. The Morgan fingerprint density at radius 1 is 1.47 bits per heavy atom. The molecule has 0 saturated carbocycles. The molecule has 1 atom stereocenters. The Labute approximate surface area is 115 Å². The highest BCUT2D eigenvalue weighted by molar-refractivity contribution is 5.77. The molecule has 19 heavy (non-hydrogen) atoms. The third-order valence-electron chi connectivity index (χ3n) is 3.93. The standard InChI is InChI=1S/C16H23NO2/c1-3-14-7-5-11-17(14)16(18)10-9-13-6-4-8-15(12-13)19-2/h4,6,8,12,14H,3,5,7,9-11H2,1-2H3. The van der Waals surface area contributed by atoms with Crippen LogP contribution in [0.4, 0.5) is 0 Å². The van der Waals surface area contributed by atoms with Crippen molar-refractivity contribution in [3.63, 3.8) is 0 Å². The lowest BCUT2D eigenvalue weighted by molar-refractivity contribution is -0.132. The first kappa shape index (κ1) is 13.9. The Morgan fingerprint density at radius 2 is 2.32 bits per heavy atom. The highest BCUT2D eigenvalue weighted by Crippen LogP contribution is 2.21. The molecular weight excluding hydrogens is 238 g/mol. The predicted octanol–water partition coefficient (Wildman–Crippen LogP) is 3.03. The maximum absolute atomic E-state index is 12.2. The first-order valence-electron chi connectivity index (χ1n) is 7.17. The van der Waals surface area contributed by atoms with Crippen molar-refractivity contribution in [1.82, 2.24) is 4.90 Å². The van der Waals surface area contributed by atoms with Crippen LogP contribution in [-0.4, -0.2) is 30.5 Å². The lowest BCUT2D eigenvalue weighted by atomic mass is 10.1. The van der Waals surface area contributed by atoms with Gasteiger partial charge in [-0.3, -0.25) is 4.79 Å². The van der Waals surface area contributed by atoms with Crippen LogP contribution >= 0.6 is 0 Å². The molecule has 1 fully saturated rings. The number of nitrogens with zero attached hydrogens (tertiary/aromatic N) is 1. The van der Waals surface area contributed by atoms with E-state index < -0.39 is 0 Å². The van der Waals surface area contributed by atoms with E-state index >= 15 is 0 Å². The van der Waals surface area contributed by atoms with E-state index in [2.05, 4.69) is 17.9 Å². The molecule has 1 unspecified atom stereocenters. The number of benzene rings is 1. The highest BCUT2D eigenvalue weighted by atomic mass is 16.5. The molecule has 1 aromatic carbocycles. The fraction of sp³-hybridized carbons (Fsp3) is 0.562. The lowest BCUT2D eigenvalue weighted by Gasteiger charge is -2.23. The summed E-state index contributed by atoms with van der Waals surface area (Å²) in [7, 11) is 1.67. The molecule has 1 saturated heterocycles. The van der Waals surface area contributed by atoms with Crippen molar-refractivity contribution in [1.29, 1.82) is 0 Å². The zero-order valence-corrected chi connectivity index (χ0v) is 11.9. The molecule has 3 heteroatoms. The zero-order valence-electron chi connectivity index (χ0n) is 11.9. The summed E-state index contributed by atoms with van der Waals surface area (Å²) in [6, 6.07) is 8.44. The Bertz CT molecular complexity index is 431. The van der Waals surface area contributed by atoms with Gasteiger partial charge in [0.1, 0.15) is 5.75 Å². The van der Waals surface area contributed by atoms with E-state index in [1.54, 1.807) is 7.11 Å². The minimum absolute atomic E-state index is 0.298. The molecular formula is C16H23NO2. The van der Waals surface area contributed by atoms with Crippen molar-refractivity contribution in [2.24, 2.45) is 0 Å². The smallest absolute Gasteiger partial charge is 0.223 e. The van der Waals surface area contributed by atoms with Crippen LogP contribution in [0.2, 0.25) is 0 Å². The molecule has 3 nitrogen and oxygen atoms in total. The van der Waals surface area contributed by atoms with E-state index in [1.807, 2.05) is 18.2 Å². The Morgan fingerprint density at radius 3 is 3.05 bits per heavy atom. The summed E-state index contributed by atoms with van der Waals surface area (Å²) < 4.78 is 5.20. The fourth-order valence-electron chi connectivity index (χ4n) is 2.81. The molecule has 1 aliphatic heterocycles. The number of aryl methyl sites for hydroxylation is 1. The molecule has 1 heterocycles. The average Bonchev–Trinajstić information content (AvgIpc) is 2.93. The molecule has 0 aliphatic carbocycles. The molecule has 0 bridgehead atoms. The van der Waals surface area contributed by atoms with Gasteiger partial charge in [-0.15, -0.1) is 0 Å². The van der Waals surface area contributed by atoms with Gasteiger partial charge in [-0.1, -0.05) is 19.1 Å². The van der Waals surface area contributed by atoms with Gasteiger partial charge in [-0.25, -0.2) is 0 Å². The van der Waals surface area contributed by atoms with Crippen molar-refractivity contribution in [3.8, 4) is 5.75 Å². The second-order valence-corrected chi connectivity index (χ2v) is 5.14. The van der Waals surface area contributed by atoms with Gasteiger partial charge in [0.25, 0.3) is 0 Å². The van der Waals surface area contributed by atoms with Gasteiger partial charge in [-0.2, -0.15) is 0 Å². The molecule has 2 rings (SSSR count). The minimum Gasteiger partial charge on any atom is -0.497 e. The van der Waals surface area contributed by atoms with Crippen molar-refractivity contribution in [2.75, 3.05) is 13.7 Å². The zero-order chi connectivity index (χ0) is 13.7. The molecule has 1 aromatic rings. The van der Waals surface area contributed by atoms with Crippen molar-refractivity contribution >= 4 is 5.91 Å². The summed E-state index contributed by atoms with van der Waals surface area (Å²) in [6.07, 6.45) is 4.79. The number of carbonyl (C=O) groups is 1. The highest BCUT2D eigenvalue weighted by Gasteiger charge is 2.26. The maximum Gasteiger partial charge on any atom is 0.223 e. The van der Waals surface area contributed by atoms with E-state index in [0.29, 0.717) is 18.4 Å². The average molecular weight is 261 g/mol.